The van der Waals surface area contributed by atoms with Crippen LogP contribution in [0.2, 0.25) is 0 Å². The Balaban J connectivity index is 2.06. The van der Waals surface area contributed by atoms with E-state index in [4.69, 9.17) is 0 Å². The molecule has 1 N–H and O–H groups in total. The lowest BCUT2D eigenvalue weighted by molar-refractivity contribution is 0.407. The van der Waals surface area contributed by atoms with Crippen molar-refractivity contribution in [1.82, 2.24) is 0 Å². The second-order valence-corrected chi connectivity index (χ2v) is 16.5. The van der Waals surface area contributed by atoms with Crippen LogP contribution in [0.25, 0.3) is 0 Å². The van der Waals surface area contributed by atoms with Crippen molar-refractivity contribution in [2.75, 3.05) is 9.34 Å². The molecule has 2 aliphatic rings. The van der Waals surface area contributed by atoms with Gasteiger partial charge in [0, 0.05) is 0 Å². The van der Waals surface area contributed by atoms with E-state index in [1.54, 1.807) is 0 Å². The molecule has 2 atom stereocenters. The molecular weight excluding hydrogens is 523 g/mol. The van der Waals surface area contributed by atoms with Gasteiger partial charge >= 0.3 is 7.67 Å². The predicted octanol–water partition coefficient (Wildman–Crippen LogP) is 11.2. The lowest BCUT2D eigenvalue weighted by Crippen LogP contribution is -2.41. The highest BCUT2D eigenvalue weighted by atomic mass is 31.2. The zero-order chi connectivity index (χ0) is 30.5. The predicted molar refractivity (Wildman–Crippen MR) is 178 cm³/mol. The Labute approximate surface area is 251 Å². The number of fused-ring (bicyclic) bond motifs is 1. The average molecular weight is 581 g/mol. The summed E-state index contributed by atoms with van der Waals surface area (Å²) in [5.74, 6) is 1.80. The molecule has 1 aliphatic carbocycles. The Bertz CT molecular complexity index is 1140. The highest BCUT2D eigenvalue weighted by Crippen LogP contribution is 2.67. The van der Waals surface area contributed by atoms with E-state index in [0.717, 1.165) is 37.1 Å². The summed E-state index contributed by atoms with van der Waals surface area (Å²) in [5.41, 5.74) is 9.54. The summed E-state index contributed by atoms with van der Waals surface area (Å²) in [6, 6.07) is 9.34. The molecule has 41 heavy (non-hydrogen) atoms. The zero-order valence-corrected chi connectivity index (χ0v) is 28.8. The van der Waals surface area contributed by atoms with E-state index in [9.17, 15) is 4.89 Å². The van der Waals surface area contributed by atoms with Gasteiger partial charge in [0.2, 0.25) is 0 Å². The molecule has 1 heterocycles. The molecule has 4 rings (SSSR count). The molecule has 2 fully saturated rings. The quantitative estimate of drug-likeness (QED) is 0.315. The van der Waals surface area contributed by atoms with Crippen molar-refractivity contribution in [2.45, 2.75) is 156 Å². The van der Waals surface area contributed by atoms with Crippen molar-refractivity contribution in [1.29, 1.82) is 0 Å². The van der Waals surface area contributed by atoms with Crippen molar-refractivity contribution >= 4 is 19.0 Å². The number of nitrogens with zero attached hydrogens (tertiary/aromatic N) is 2. The van der Waals surface area contributed by atoms with Crippen LogP contribution in [0.15, 0.2) is 24.3 Å². The molecule has 1 aliphatic heterocycles. The molecule has 4 nitrogen and oxygen atoms in total. The number of rotatable bonds is 8. The largest absolute Gasteiger partial charge is 0.395 e. The normalized spacial score (nSPS) is 21.0. The van der Waals surface area contributed by atoms with Gasteiger partial charge in [-0.05, 0) is 81.7 Å². The van der Waals surface area contributed by atoms with Gasteiger partial charge < -0.3 is 4.89 Å². The monoisotopic (exact) mass is 580 g/mol. The molecule has 0 unspecified atom stereocenters. The van der Waals surface area contributed by atoms with Crippen molar-refractivity contribution in [3.63, 3.8) is 0 Å². The third-order valence-electron chi connectivity index (χ3n) is 9.55. The fourth-order valence-corrected chi connectivity index (χ4v) is 9.61. The van der Waals surface area contributed by atoms with Gasteiger partial charge in [-0.3, -0.25) is 9.34 Å². The molecular formula is C36H57N2O2P. The van der Waals surface area contributed by atoms with Gasteiger partial charge in [-0.25, -0.2) is 4.57 Å². The Kier molecular flexibility index (Phi) is 9.47. The molecule has 0 radical (unpaired) electrons. The van der Waals surface area contributed by atoms with Crippen LogP contribution in [0.3, 0.4) is 0 Å². The number of benzene rings is 2. The van der Waals surface area contributed by atoms with Crippen LogP contribution in [0, 0.1) is 0 Å². The van der Waals surface area contributed by atoms with E-state index in [0.29, 0.717) is 11.8 Å². The maximum Gasteiger partial charge on any atom is 0.395 e. The molecule has 0 amide bonds. The molecule has 2 aromatic carbocycles. The Morgan fingerprint density at radius 1 is 0.561 bits per heavy atom. The van der Waals surface area contributed by atoms with Gasteiger partial charge in [0.1, 0.15) is 0 Å². The van der Waals surface area contributed by atoms with Crippen molar-refractivity contribution < 1.29 is 9.46 Å². The molecule has 1 saturated heterocycles. The summed E-state index contributed by atoms with van der Waals surface area (Å²) in [6.45, 7) is 26.9. The summed E-state index contributed by atoms with van der Waals surface area (Å²) in [4.78, 5) is 12.6. The van der Waals surface area contributed by atoms with Gasteiger partial charge in [-0.15, -0.1) is 0 Å². The number of hydrogen-bond acceptors (Lipinski definition) is 1. The summed E-state index contributed by atoms with van der Waals surface area (Å²) >= 11 is 0. The van der Waals surface area contributed by atoms with Gasteiger partial charge in [-0.2, -0.15) is 0 Å². The summed E-state index contributed by atoms with van der Waals surface area (Å²) in [7, 11) is -3.99. The number of hydrogen-bond donors (Lipinski definition) is 1. The van der Waals surface area contributed by atoms with Crippen molar-refractivity contribution in [2.24, 2.45) is 0 Å². The first-order valence-corrected chi connectivity index (χ1v) is 17.9. The maximum atomic E-state index is 15.4. The minimum absolute atomic E-state index is 0.0179. The first-order chi connectivity index (χ1) is 19.1. The third-order valence-corrected chi connectivity index (χ3v) is 11.7. The van der Waals surface area contributed by atoms with Crippen LogP contribution >= 0.6 is 7.67 Å². The van der Waals surface area contributed by atoms with Crippen LogP contribution in [0.5, 0.6) is 0 Å². The van der Waals surface area contributed by atoms with E-state index in [1.807, 2.05) is 0 Å². The second kappa shape index (κ2) is 12.1. The summed E-state index contributed by atoms with van der Waals surface area (Å²) in [5, 5.41) is 0. The lowest BCUT2D eigenvalue weighted by atomic mass is 9.84. The van der Waals surface area contributed by atoms with Gasteiger partial charge in [0.05, 0.1) is 23.5 Å². The molecule has 0 bridgehead atoms. The highest BCUT2D eigenvalue weighted by molar-refractivity contribution is 7.62. The van der Waals surface area contributed by atoms with E-state index < -0.39 is 7.67 Å². The maximum absolute atomic E-state index is 15.4. The third kappa shape index (κ3) is 5.77. The Morgan fingerprint density at radius 3 is 1.05 bits per heavy atom. The van der Waals surface area contributed by atoms with Crippen LogP contribution in [0.4, 0.5) is 11.4 Å². The molecule has 1 saturated carbocycles. The van der Waals surface area contributed by atoms with Crippen LogP contribution in [0.1, 0.15) is 178 Å². The molecule has 0 spiro atoms. The van der Waals surface area contributed by atoms with Crippen LogP contribution < -0.4 is 9.34 Å². The minimum Gasteiger partial charge on any atom is -0.313 e. The van der Waals surface area contributed by atoms with Gasteiger partial charge in [-0.1, -0.05) is 120 Å². The average Bonchev–Trinajstić information content (AvgIpc) is 3.12. The second-order valence-electron chi connectivity index (χ2n) is 14.6. The SMILES string of the molecule is CC(C)c1cc(C(C)C)c(N2[C@@H]3CCCC[C@H]3N(c3c(C(C)C)cc(C(C)C)cc3C(C)C)P2(=O)O)c(C(C)C)c1. The molecule has 0 aromatic heterocycles. The van der Waals surface area contributed by atoms with E-state index in [-0.39, 0.29) is 35.8 Å². The minimum atomic E-state index is -3.99. The fraction of sp³-hybridized carbons (Fsp3) is 0.667. The van der Waals surface area contributed by atoms with Gasteiger partial charge in [0.25, 0.3) is 0 Å². The van der Waals surface area contributed by atoms with Crippen LogP contribution in [-0.2, 0) is 4.57 Å². The smallest absolute Gasteiger partial charge is 0.313 e. The molecule has 5 heteroatoms. The molecule has 2 aromatic rings. The summed E-state index contributed by atoms with van der Waals surface area (Å²) in [6.07, 6.45) is 4.10. The lowest BCUT2D eigenvalue weighted by Gasteiger charge is -2.36. The van der Waals surface area contributed by atoms with E-state index in [2.05, 4.69) is 117 Å². The van der Waals surface area contributed by atoms with Crippen molar-refractivity contribution in [3.8, 4) is 0 Å². The van der Waals surface area contributed by atoms with Crippen molar-refractivity contribution in [3.05, 3.63) is 57.6 Å². The highest BCUT2D eigenvalue weighted by Gasteiger charge is 2.57. The van der Waals surface area contributed by atoms with Gasteiger partial charge in [0.15, 0.2) is 0 Å². The fourth-order valence-electron chi connectivity index (χ4n) is 7.11. The van der Waals surface area contributed by atoms with Crippen LogP contribution in [-0.4, -0.2) is 17.0 Å². The Morgan fingerprint density at radius 2 is 0.829 bits per heavy atom. The van der Waals surface area contributed by atoms with E-state index in [1.165, 1.54) is 33.4 Å². The first-order valence-electron chi connectivity index (χ1n) is 16.4. The summed E-state index contributed by atoms with van der Waals surface area (Å²) < 4.78 is 19.5. The Hall–Kier alpha value is -1.77. The molecule has 228 valence electrons. The number of anilines is 2. The van der Waals surface area contributed by atoms with E-state index >= 15 is 4.57 Å². The topological polar surface area (TPSA) is 43.8 Å². The first kappa shape index (κ1) is 32.2. The standard InChI is InChI=1S/C36H57N2O2P/c1-21(2)27-17-29(23(5)6)35(30(18-27)24(7)8)37-33-15-13-14-16-34(33)38(41(37,39)40)36-31(25(9)10)19-28(22(3)4)20-32(36)26(11)12/h17-26,33-34H,13-16H2,1-12H3,(H,39,40)/t33-,34-/m1/s1. The zero-order valence-electron chi connectivity index (χ0n) is 28.0.